The van der Waals surface area contributed by atoms with Crippen LogP contribution in [0.3, 0.4) is 0 Å². The molecular formula is C8H8N2S. The lowest BCUT2D eigenvalue weighted by molar-refractivity contribution is 0.928. The minimum Gasteiger partial charge on any atom is -0.177 e. The average molecular weight is 164 g/mol. The Morgan fingerprint density at radius 3 is 3.18 bits per heavy atom. The van der Waals surface area contributed by atoms with Crippen LogP contribution in [0, 0.1) is 0 Å². The highest BCUT2D eigenvalue weighted by molar-refractivity contribution is 6.99. The summed E-state index contributed by atoms with van der Waals surface area (Å²) in [5.41, 5.74) is 2.12. The molecule has 0 N–H and O–H groups in total. The molecule has 11 heavy (non-hydrogen) atoms. The maximum atomic E-state index is 4.23. The lowest BCUT2D eigenvalue weighted by Crippen LogP contribution is -1.90. The highest BCUT2D eigenvalue weighted by Gasteiger charge is 2.11. The maximum Gasteiger partial charge on any atom is 0.101 e. The molecular weight excluding hydrogens is 156 g/mol. The Morgan fingerprint density at radius 2 is 2.27 bits per heavy atom. The van der Waals surface area contributed by atoms with Gasteiger partial charge in [-0.3, -0.25) is 0 Å². The molecule has 0 saturated heterocycles. The monoisotopic (exact) mass is 164 g/mol. The van der Waals surface area contributed by atoms with Crippen molar-refractivity contribution in [3.63, 3.8) is 0 Å². The molecule has 1 aromatic rings. The van der Waals surface area contributed by atoms with E-state index in [1.54, 1.807) is 0 Å². The third kappa shape index (κ3) is 1.12. The fourth-order valence-corrected chi connectivity index (χ4v) is 1.73. The summed E-state index contributed by atoms with van der Waals surface area (Å²) in [7, 11) is 0. The Bertz CT molecular complexity index is 312. The molecule has 56 valence electrons. The van der Waals surface area contributed by atoms with Gasteiger partial charge in [-0.25, -0.2) is 0 Å². The van der Waals surface area contributed by atoms with Crippen molar-refractivity contribution in [2.45, 2.75) is 12.8 Å². The van der Waals surface area contributed by atoms with Crippen LogP contribution >= 0.6 is 11.7 Å². The predicted octanol–water partition coefficient (Wildman–Crippen LogP) is 2.22. The second-order valence-corrected chi connectivity index (χ2v) is 3.10. The van der Waals surface area contributed by atoms with Crippen molar-refractivity contribution < 1.29 is 0 Å². The van der Waals surface area contributed by atoms with Crippen LogP contribution in [0.1, 0.15) is 24.2 Å². The van der Waals surface area contributed by atoms with Crippen LogP contribution in [-0.2, 0) is 0 Å². The van der Waals surface area contributed by atoms with Gasteiger partial charge in [0.25, 0.3) is 0 Å². The van der Waals surface area contributed by atoms with E-state index in [-0.39, 0.29) is 0 Å². The molecule has 2 rings (SSSR count). The summed E-state index contributed by atoms with van der Waals surface area (Å²) in [5, 5.41) is 0. The molecule has 1 unspecified atom stereocenters. The van der Waals surface area contributed by atoms with E-state index in [1.165, 1.54) is 11.7 Å². The van der Waals surface area contributed by atoms with Gasteiger partial charge < -0.3 is 0 Å². The van der Waals surface area contributed by atoms with Gasteiger partial charge in [-0.1, -0.05) is 25.2 Å². The molecule has 1 aliphatic carbocycles. The van der Waals surface area contributed by atoms with Crippen LogP contribution in [-0.4, -0.2) is 8.75 Å². The first-order chi connectivity index (χ1) is 5.38. The molecule has 2 nitrogen and oxygen atoms in total. The summed E-state index contributed by atoms with van der Waals surface area (Å²) in [5.74, 6) is 0.402. The van der Waals surface area contributed by atoms with Gasteiger partial charge in [-0.2, -0.15) is 8.75 Å². The fourth-order valence-electron chi connectivity index (χ4n) is 1.10. The maximum absolute atomic E-state index is 4.23. The molecule has 0 radical (unpaired) electrons. The van der Waals surface area contributed by atoms with Crippen LogP contribution in [0.4, 0.5) is 0 Å². The van der Waals surface area contributed by atoms with Gasteiger partial charge in [0, 0.05) is 5.92 Å². The molecule has 0 fully saturated rings. The molecule has 3 heteroatoms. The first-order valence-electron chi connectivity index (χ1n) is 3.55. The van der Waals surface area contributed by atoms with Gasteiger partial charge >= 0.3 is 0 Å². The topological polar surface area (TPSA) is 25.8 Å². The number of hydrogen-bond acceptors (Lipinski definition) is 3. The summed E-state index contributed by atoms with van der Waals surface area (Å²) >= 11 is 1.28. The summed E-state index contributed by atoms with van der Waals surface area (Å²) in [6, 6.07) is 0. The van der Waals surface area contributed by atoms with Crippen molar-refractivity contribution in [3.8, 4) is 0 Å². The highest BCUT2D eigenvalue weighted by atomic mass is 32.1. The Morgan fingerprint density at radius 1 is 1.36 bits per heavy atom. The highest BCUT2D eigenvalue weighted by Crippen LogP contribution is 2.22. The summed E-state index contributed by atoms with van der Waals surface area (Å²) in [4.78, 5) is 0. The smallest absolute Gasteiger partial charge is 0.101 e. The number of hydrogen-bond donors (Lipinski definition) is 0. The average Bonchev–Trinajstić information content (AvgIpc) is 2.40. The zero-order valence-electron chi connectivity index (χ0n) is 6.19. The lowest BCUT2D eigenvalue weighted by Gasteiger charge is -1.98. The van der Waals surface area contributed by atoms with E-state index < -0.39 is 0 Å². The molecule has 1 atom stereocenters. The van der Waals surface area contributed by atoms with Crippen molar-refractivity contribution in [1.82, 2.24) is 8.75 Å². The van der Waals surface area contributed by atoms with Crippen molar-refractivity contribution in [1.29, 1.82) is 0 Å². The Balaban J connectivity index is 2.53. The summed E-state index contributed by atoms with van der Waals surface area (Å²) in [6.07, 6.45) is 8.17. The molecule has 0 bridgehead atoms. The zero-order valence-corrected chi connectivity index (χ0v) is 7.01. The van der Waals surface area contributed by atoms with Crippen LogP contribution < -0.4 is 0 Å². The molecule has 1 aliphatic rings. The van der Waals surface area contributed by atoms with E-state index in [0.29, 0.717) is 5.92 Å². The fraction of sp³-hybridized carbons (Fsp3) is 0.250. The van der Waals surface area contributed by atoms with Gasteiger partial charge in [-0.15, -0.1) is 0 Å². The third-order valence-corrected chi connectivity index (χ3v) is 2.29. The number of fused-ring (bicyclic) bond motifs is 1. The van der Waals surface area contributed by atoms with E-state index in [4.69, 9.17) is 0 Å². The minimum atomic E-state index is 0.402. The molecule has 0 saturated carbocycles. The van der Waals surface area contributed by atoms with Crippen LogP contribution in [0.5, 0.6) is 0 Å². The molecule has 1 aromatic heterocycles. The Hall–Kier alpha value is -0.960. The van der Waals surface area contributed by atoms with Crippen LogP contribution in [0.15, 0.2) is 18.2 Å². The molecule has 1 heterocycles. The first-order valence-corrected chi connectivity index (χ1v) is 4.28. The van der Waals surface area contributed by atoms with E-state index >= 15 is 0 Å². The van der Waals surface area contributed by atoms with Crippen molar-refractivity contribution in [2.24, 2.45) is 0 Å². The normalized spacial score (nSPS) is 21.4. The number of rotatable bonds is 0. The van der Waals surface area contributed by atoms with E-state index in [2.05, 4.69) is 21.7 Å². The molecule has 0 amide bonds. The van der Waals surface area contributed by atoms with Gasteiger partial charge in [0.15, 0.2) is 0 Å². The second kappa shape index (κ2) is 2.58. The van der Waals surface area contributed by atoms with Gasteiger partial charge in [0.2, 0.25) is 0 Å². The molecule has 0 aromatic carbocycles. The minimum absolute atomic E-state index is 0.402. The van der Waals surface area contributed by atoms with Crippen LogP contribution in [0.25, 0.3) is 6.08 Å². The number of nitrogens with zero attached hydrogens (tertiary/aromatic N) is 2. The zero-order chi connectivity index (χ0) is 7.68. The van der Waals surface area contributed by atoms with Gasteiger partial charge in [-0.05, 0) is 6.08 Å². The quantitative estimate of drug-likeness (QED) is 0.587. The summed E-state index contributed by atoms with van der Waals surface area (Å²) < 4.78 is 8.40. The van der Waals surface area contributed by atoms with Crippen molar-refractivity contribution in [2.75, 3.05) is 0 Å². The molecule has 0 spiro atoms. The number of aromatic nitrogens is 2. The Kier molecular flexibility index (Phi) is 1.58. The largest absolute Gasteiger partial charge is 0.177 e. The third-order valence-electron chi connectivity index (χ3n) is 1.74. The number of allylic oxidation sites excluding steroid dienone is 3. The van der Waals surface area contributed by atoms with Crippen molar-refractivity contribution >= 4 is 17.8 Å². The standard InChI is InChI=1S/C8H8N2S/c1-6-4-2-3-5-7-8(6)10-11-9-7/h2-6H,1H3. The van der Waals surface area contributed by atoms with Gasteiger partial charge in [0.1, 0.15) is 5.69 Å². The summed E-state index contributed by atoms with van der Waals surface area (Å²) in [6.45, 7) is 2.13. The van der Waals surface area contributed by atoms with Gasteiger partial charge in [0.05, 0.1) is 17.4 Å². The van der Waals surface area contributed by atoms with E-state index in [9.17, 15) is 0 Å². The SMILES string of the molecule is CC1C=CC=Cc2nsnc21. The van der Waals surface area contributed by atoms with E-state index in [1.807, 2.05) is 18.2 Å². The molecule has 0 aliphatic heterocycles. The van der Waals surface area contributed by atoms with E-state index in [0.717, 1.165) is 11.4 Å². The Labute approximate surface area is 69.6 Å². The van der Waals surface area contributed by atoms with Crippen LogP contribution in [0.2, 0.25) is 0 Å². The second-order valence-electron chi connectivity index (χ2n) is 2.57. The lowest BCUT2D eigenvalue weighted by atomic mass is 10.1. The predicted molar refractivity (Wildman–Crippen MR) is 46.5 cm³/mol. The van der Waals surface area contributed by atoms with Crippen molar-refractivity contribution in [3.05, 3.63) is 29.6 Å². The first kappa shape index (κ1) is 6.73.